The van der Waals surface area contributed by atoms with Crippen molar-refractivity contribution in [3.05, 3.63) is 66.7 Å². The molecule has 12 heteroatoms. The van der Waals surface area contributed by atoms with Crippen LogP contribution in [0.25, 0.3) is 11.0 Å². The third kappa shape index (κ3) is 6.70. The Bertz CT molecular complexity index is 1630. The lowest BCUT2D eigenvalue weighted by Crippen LogP contribution is -2.36. The number of hydrogen-bond donors (Lipinski definition) is 3. The predicted octanol–water partition coefficient (Wildman–Crippen LogP) is 4.14. The SMILES string of the molecule is COc1ccc(Nc2nc3ccccc3nc2NS(=O)(=O)c2cccc(N(CC(N)=O)CC(C)C)c2)c(OC)c1. The minimum Gasteiger partial charge on any atom is -0.497 e. The molecule has 1 heterocycles. The van der Waals surface area contributed by atoms with Gasteiger partial charge in [-0.15, -0.1) is 0 Å². The maximum absolute atomic E-state index is 13.6. The molecule has 0 aliphatic rings. The zero-order valence-corrected chi connectivity index (χ0v) is 23.5. The van der Waals surface area contributed by atoms with Gasteiger partial charge in [-0.05, 0) is 48.4 Å². The van der Waals surface area contributed by atoms with Crippen LogP contribution < -0.4 is 30.1 Å². The van der Waals surface area contributed by atoms with Crippen molar-refractivity contribution in [1.29, 1.82) is 0 Å². The largest absolute Gasteiger partial charge is 0.497 e. The second kappa shape index (κ2) is 12.1. The van der Waals surface area contributed by atoms with Crippen molar-refractivity contribution in [2.75, 3.05) is 42.2 Å². The summed E-state index contributed by atoms with van der Waals surface area (Å²) in [5, 5.41) is 3.14. The quantitative estimate of drug-likeness (QED) is 0.231. The minimum atomic E-state index is -4.12. The average molecular weight is 565 g/mol. The Balaban J connectivity index is 1.73. The fourth-order valence-corrected chi connectivity index (χ4v) is 5.16. The number of nitrogens with two attached hydrogens (primary N) is 1. The van der Waals surface area contributed by atoms with Gasteiger partial charge in [0.1, 0.15) is 11.5 Å². The number of benzene rings is 3. The predicted molar refractivity (Wildman–Crippen MR) is 156 cm³/mol. The molecule has 3 aromatic carbocycles. The summed E-state index contributed by atoms with van der Waals surface area (Å²) in [5.41, 5.74) is 7.61. The highest BCUT2D eigenvalue weighted by molar-refractivity contribution is 7.92. The van der Waals surface area contributed by atoms with Crippen LogP contribution in [-0.2, 0) is 14.8 Å². The molecule has 0 saturated heterocycles. The zero-order valence-electron chi connectivity index (χ0n) is 22.7. The molecule has 4 aromatic rings. The molecule has 0 unspecified atom stereocenters. The smallest absolute Gasteiger partial charge is 0.263 e. The summed E-state index contributed by atoms with van der Waals surface area (Å²) in [4.78, 5) is 22.6. The number of sulfonamides is 1. The van der Waals surface area contributed by atoms with Crippen LogP contribution in [0.2, 0.25) is 0 Å². The van der Waals surface area contributed by atoms with Gasteiger partial charge in [-0.3, -0.25) is 9.52 Å². The summed E-state index contributed by atoms with van der Waals surface area (Å²) in [6.07, 6.45) is 0. The van der Waals surface area contributed by atoms with E-state index in [2.05, 4.69) is 20.0 Å². The highest BCUT2D eigenvalue weighted by Gasteiger charge is 2.22. The molecule has 0 spiro atoms. The summed E-state index contributed by atoms with van der Waals surface area (Å²) < 4.78 is 40.6. The Hall–Kier alpha value is -4.58. The number of anilines is 4. The van der Waals surface area contributed by atoms with E-state index in [-0.39, 0.29) is 29.0 Å². The number of rotatable bonds is 12. The van der Waals surface area contributed by atoms with E-state index >= 15 is 0 Å². The van der Waals surface area contributed by atoms with Crippen molar-refractivity contribution < 1.29 is 22.7 Å². The molecule has 0 bridgehead atoms. The first-order valence-corrected chi connectivity index (χ1v) is 14.0. The highest BCUT2D eigenvalue weighted by atomic mass is 32.2. The molecule has 0 aliphatic heterocycles. The molecule has 4 N–H and O–H groups in total. The number of carbonyl (C=O) groups excluding carboxylic acids is 1. The maximum Gasteiger partial charge on any atom is 0.263 e. The first-order chi connectivity index (χ1) is 19.1. The minimum absolute atomic E-state index is 0.00172. The Labute approximate surface area is 233 Å². The van der Waals surface area contributed by atoms with Crippen LogP contribution in [-0.4, -0.2) is 51.6 Å². The van der Waals surface area contributed by atoms with Gasteiger partial charge in [-0.25, -0.2) is 18.4 Å². The van der Waals surface area contributed by atoms with Crippen molar-refractivity contribution in [2.45, 2.75) is 18.7 Å². The van der Waals surface area contributed by atoms with E-state index in [4.69, 9.17) is 15.2 Å². The molecule has 11 nitrogen and oxygen atoms in total. The molecule has 4 rings (SSSR count). The molecule has 0 aliphatic carbocycles. The van der Waals surface area contributed by atoms with E-state index in [1.54, 1.807) is 60.5 Å². The van der Waals surface area contributed by atoms with Gasteiger partial charge in [-0.1, -0.05) is 32.0 Å². The van der Waals surface area contributed by atoms with Gasteiger partial charge < -0.3 is 25.4 Å². The van der Waals surface area contributed by atoms with E-state index in [0.29, 0.717) is 40.5 Å². The summed E-state index contributed by atoms with van der Waals surface area (Å²) >= 11 is 0. The van der Waals surface area contributed by atoms with Crippen molar-refractivity contribution in [3.8, 4) is 11.5 Å². The first kappa shape index (κ1) is 28.4. The number of nitrogens with zero attached hydrogens (tertiary/aromatic N) is 3. The molecule has 1 amide bonds. The van der Waals surface area contributed by atoms with Crippen LogP contribution in [0.4, 0.5) is 23.0 Å². The van der Waals surface area contributed by atoms with Gasteiger partial charge in [0.2, 0.25) is 5.91 Å². The lowest BCUT2D eigenvalue weighted by atomic mass is 10.2. The summed E-state index contributed by atoms with van der Waals surface area (Å²) in [7, 11) is -1.06. The molecule has 0 atom stereocenters. The second-order valence-corrected chi connectivity index (χ2v) is 11.1. The normalized spacial score (nSPS) is 11.3. The van der Waals surface area contributed by atoms with Gasteiger partial charge in [-0.2, -0.15) is 0 Å². The van der Waals surface area contributed by atoms with Crippen LogP contribution in [0.5, 0.6) is 11.5 Å². The Morgan fingerprint density at radius 3 is 2.27 bits per heavy atom. The van der Waals surface area contributed by atoms with Gasteiger partial charge in [0.05, 0.1) is 42.4 Å². The summed E-state index contributed by atoms with van der Waals surface area (Å²) in [6.45, 7) is 4.48. The number of ether oxygens (including phenoxy) is 2. The van der Waals surface area contributed by atoms with Crippen LogP contribution in [0, 0.1) is 5.92 Å². The van der Waals surface area contributed by atoms with Gasteiger partial charge in [0, 0.05) is 18.3 Å². The van der Waals surface area contributed by atoms with E-state index in [1.807, 2.05) is 19.9 Å². The lowest BCUT2D eigenvalue weighted by Gasteiger charge is -2.25. The fourth-order valence-electron chi connectivity index (χ4n) is 4.11. The van der Waals surface area contributed by atoms with Gasteiger partial charge in [0.15, 0.2) is 11.6 Å². The number of hydrogen-bond acceptors (Lipinski definition) is 9. The van der Waals surface area contributed by atoms with Crippen LogP contribution in [0.15, 0.2) is 71.6 Å². The van der Waals surface area contributed by atoms with E-state index < -0.39 is 15.9 Å². The third-order valence-corrected chi connectivity index (χ3v) is 7.23. The van der Waals surface area contributed by atoms with Gasteiger partial charge in [0.25, 0.3) is 10.0 Å². The number of primary amides is 1. The first-order valence-electron chi connectivity index (χ1n) is 12.5. The van der Waals surface area contributed by atoms with Crippen LogP contribution >= 0.6 is 0 Å². The molecule has 40 heavy (non-hydrogen) atoms. The number of amides is 1. The Kier molecular flexibility index (Phi) is 8.58. The molecular weight excluding hydrogens is 532 g/mol. The molecule has 0 radical (unpaired) electrons. The standard InChI is InChI=1S/C28H32N6O5S/c1-18(2)16-34(17-26(29)35)19-8-7-9-21(14-19)40(36,37)33-28-27(30-22-10-5-6-11-23(22)31-28)32-24-13-12-20(38-3)15-25(24)39-4/h5-15,18H,16-17H2,1-4H3,(H2,29,35)(H,30,32)(H,31,33). The van der Waals surface area contributed by atoms with Crippen molar-refractivity contribution in [1.82, 2.24) is 9.97 Å². The number of para-hydroxylation sites is 2. The molecule has 0 saturated carbocycles. The third-order valence-electron chi connectivity index (χ3n) is 5.89. The van der Waals surface area contributed by atoms with Crippen molar-refractivity contribution >= 4 is 50.0 Å². The Morgan fingerprint density at radius 1 is 0.950 bits per heavy atom. The highest BCUT2D eigenvalue weighted by Crippen LogP contribution is 2.34. The van der Waals surface area contributed by atoms with Crippen molar-refractivity contribution in [3.63, 3.8) is 0 Å². The van der Waals surface area contributed by atoms with E-state index in [1.165, 1.54) is 19.2 Å². The van der Waals surface area contributed by atoms with E-state index in [0.717, 1.165) is 0 Å². The van der Waals surface area contributed by atoms with Crippen molar-refractivity contribution in [2.24, 2.45) is 11.7 Å². The molecular formula is C28H32N6O5S. The fraction of sp³-hybridized carbons (Fsp3) is 0.250. The van der Waals surface area contributed by atoms with E-state index in [9.17, 15) is 13.2 Å². The lowest BCUT2D eigenvalue weighted by molar-refractivity contribution is -0.116. The second-order valence-electron chi connectivity index (χ2n) is 9.44. The van der Waals surface area contributed by atoms with Gasteiger partial charge >= 0.3 is 0 Å². The van der Waals surface area contributed by atoms with Crippen LogP contribution in [0.1, 0.15) is 13.8 Å². The number of nitrogens with one attached hydrogen (secondary N) is 2. The number of aromatic nitrogens is 2. The topological polar surface area (TPSA) is 149 Å². The molecule has 0 fully saturated rings. The molecule has 1 aromatic heterocycles. The summed E-state index contributed by atoms with van der Waals surface area (Å²) in [5.74, 6) is 0.943. The number of fused-ring (bicyclic) bond motifs is 1. The Morgan fingerprint density at radius 2 is 1.65 bits per heavy atom. The van der Waals surface area contributed by atoms with Crippen LogP contribution in [0.3, 0.4) is 0 Å². The summed E-state index contributed by atoms with van der Waals surface area (Å²) in [6, 6.07) is 18.6. The monoisotopic (exact) mass is 564 g/mol. The zero-order chi connectivity index (χ0) is 28.9. The average Bonchev–Trinajstić information content (AvgIpc) is 2.92. The number of methoxy groups -OCH3 is 2. The molecule has 210 valence electrons. The maximum atomic E-state index is 13.6. The number of carbonyl (C=O) groups is 1.